The first-order valence-corrected chi connectivity index (χ1v) is 8.70. The molecule has 1 aromatic rings. The van der Waals surface area contributed by atoms with Gasteiger partial charge in [-0.3, -0.25) is 9.59 Å². The van der Waals surface area contributed by atoms with Gasteiger partial charge >= 0.3 is 5.97 Å². The van der Waals surface area contributed by atoms with Crippen molar-refractivity contribution in [3.63, 3.8) is 0 Å². The number of sulfonamides is 1. The zero-order valence-corrected chi connectivity index (χ0v) is 13.9. The van der Waals surface area contributed by atoms with Crippen LogP contribution in [0.25, 0.3) is 0 Å². The van der Waals surface area contributed by atoms with Crippen molar-refractivity contribution in [2.45, 2.75) is 23.8 Å². The Bertz CT molecular complexity index is 785. The molecular formula is C15H17N3O5S. The molecule has 1 atom stereocenters. The molecule has 0 bridgehead atoms. The van der Waals surface area contributed by atoms with E-state index in [-0.39, 0.29) is 23.5 Å². The molecule has 1 aromatic carbocycles. The molecule has 1 aliphatic heterocycles. The summed E-state index contributed by atoms with van der Waals surface area (Å²) in [6.45, 7) is -0.112. The number of nitrogens with one attached hydrogen (secondary N) is 1. The number of amides is 1. The van der Waals surface area contributed by atoms with Crippen LogP contribution in [-0.2, 0) is 24.3 Å². The van der Waals surface area contributed by atoms with Gasteiger partial charge in [0, 0.05) is 6.54 Å². The van der Waals surface area contributed by atoms with Crippen molar-refractivity contribution in [3.8, 4) is 6.07 Å². The predicted octanol–water partition coefficient (Wildman–Crippen LogP) is 0.000580. The maximum absolute atomic E-state index is 12.8. The average Bonchev–Trinajstić information content (AvgIpc) is 3.10. The van der Waals surface area contributed by atoms with Gasteiger partial charge in [0.25, 0.3) is 0 Å². The molecule has 0 radical (unpaired) electrons. The zero-order chi connectivity index (χ0) is 17.7. The van der Waals surface area contributed by atoms with E-state index in [0.29, 0.717) is 12.8 Å². The molecule has 0 spiro atoms. The first-order chi connectivity index (χ1) is 11.4. The Morgan fingerprint density at radius 2 is 2.21 bits per heavy atom. The molecule has 1 saturated heterocycles. The summed E-state index contributed by atoms with van der Waals surface area (Å²) in [6.07, 6.45) is 0.900. The summed E-state index contributed by atoms with van der Waals surface area (Å²) >= 11 is 0. The summed E-state index contributed by atoms with van der Waals surface area (Å²) in [5.74, 6) is -1.16. The summed E-state index contributed by atoms with van der Waals surface area (Å²) in [4.78, 5) is 23.3. The van der Waals surface area contributed by atoms with Crippen LogP contribution in [0.2, 0.25) is 0 Å². The molecule has 2 rings (SSSR count). The molecule has 1 aliphatic rings. The van der Waals surface area contributed by atoms with Crippen LogP contribution in [-0.4, -0.2) is 50.8 Å². The largest absolute Gasteiger partial charge is 0.468 e. The molecule has 1 heterocycles. The third kappa shape index (κ3) is 3.72. The van der Waals surface area contributed by atoms with Crippen LogP contribution in [0.4, 0.5) is 0 Å². The highest BCUT2D eigenvalue weighted by molar-refractivity contribution is 7.89. The van der Waals surface area contributed by atoms with E-state index in [4.69, 9.17) is 5.26 Å². The van der Waals surface area contributed by atoms with Gasteiger partial charge in [0.15, 0.2) is 0 Å². The average molecular weight is 351 g/mol. The summed E-state index contributed by atoms with van der Waals surface area (Å²) < 4.78 is 31.1. The summed E-state index contributed by atoms with van der Waals surface area (Å²) in [6, 6.07) is 6.65. The van der Waals surface area contributed by atoms with Crippen molar-refractivity contribution in [1.82, 2.24) is 9.62 Å². The Morgan fingerprint density at radius 1 is 1.46 bits per heavy atom. The Kier molecular flexibility index (Phi) is 5.54. The maximum atomic E-state index is 12.8. The smallest absolute Gasteiger partial charge is 0.325 e. The second kappa shape index (κ2) is 7.42. The molecule has 1 fully saturated rings. The van der Waals surface area contributed by atoms with Crippen molar-refractivity contribution in [1.29, 1.82) is 5.26 Å². The number of hydrogen-bond donors (Lipinski definition) is 1. The third-order valence-electron chi connectivity index (χ3n) is 3.71. The van der Waals surface area contributed by atoms with Crippen LogP contribution in [0.15, 0.2) is 29.2 Å². The number of rotatable bonds is 5. The van der Waals surface area contributed by atoms with Crippen molar-refractivity contribution in [3.05, 3.63) is 29.8 Å². The van der Waals surface area contributed by atoms with Gasteiger partial charge in [0.05, 0.1) is 23.6 Å². The Balaban J connectivity index is 2.21. The quantitative estimate of drug-likeness (QED) is 0.747. The molecule has 1 N–H and O–H groups in total. The fraction of sp³-hybridized carbons (Fsp3) is 0.400. The molecule has 0 saturated carbocycles. The number of carbonyl (C=O) groups excluding carboxylic acids is 2. The van der Waals surface area contributed by atoms with Gasteiger partial charge in [-0.15, -0.1) is 0 Å². The lowest BCUT2D eigenvalue weighted by molar-refractivity contribution is -0.141. The normalized spacial score (nSPS) is 17.9. The molecule has 24 heavy (non-hydrogen) atoms. The zero-order valence-electron chi connectivity index (χ0n) is 13.1. The summed E-state index contributed by atoms with van der Waals surface area (Å²) in [5, 5.41) is 11.3. The number of nitrogens with zero attached hydrogens (tertiary/aromatic N) is 2. The first-order valence-electron chi connectivity index (χ1n) is 7.26. The van der Waals surface area contributed by atoms with Crippen LogP contribution in [0.5, 0.6) is 0 Å². The van der Waals surface area contributed by atoms with E-state index >= 15 is 0 Å². The van der Waals surface area contributed by atoms with E-state index in [1.807, 2.05) is 6.07 Å². The highest BCUT2D eigenvalue weighted by Crippen LogP contribution is 2.26. The van der Waals surface area contributed by atoms with E-state index < -0.39 is 27.9 Å². The number of ether oxygens (including phenoxy) is 1. The van der Waals surface area contributed by atoms with Crippen LogP contribution in [0.3, 0.4) is 0 Å². The molecule has 1 amide bonds. The molecule has 9 heteroatoms. The predicted molar refractivity (Wildman–Crippen MR) is 83.1 cm³/mol. The van der Waals surface area contributed by atoms with E-state index in [9.17, 15) is 18.0 Å². The third-order valence-corrected chi connectivity index (χ3v) is 5.61. The number of nitriles is 1. The second-order valence-corrected chi connectivity index (χ2v) is 7.10. The summed E-state index contributed by atoms with van der Waals surface area (Å²) in [7, 11) is -2.71. The van der Waals surface area contributed by atoms with Gasteiger partial charge in [-0.05, 0) is 31.0 Å². The molecule has 128 valence electrons. The van der Waals surface area contributed by atoms with E-state index in [2.05, 4.69) is 10.1 Å². The number of benzene rings is 1. The number of carbonyl (C=O) groups is 2. The molecule has 0 aliphatic carbocycles. The van der Waals surface area contributed by atoms with Crippen LogP contribution >= 0.6 is 0 Å². The number of esters is 1. The van der Waals surface area contributed by atoms with Crippen molar-refractivity contribution in [2.24, 2.45) is 0 Å². The highest BCUT2D eigenvalue weighted by Gasteiger charge is 2.39. The molecule has 1 unspecified atom stereocenters. The molecule has 8 nitrogen and oxygen atoms in total. The van der Waals surface area contributed by atoms with Crippen molar-refractivity contribution >= 4 is 21.9 Å². The summed E-state index contributed by atoms with van der Waals surface area (Å²) in [5.41, 5.74) is 0.224. The Labute approximate surface area is 140 Å². The molecular weight excluding hydrogens is 334 g/mol. The Hall–Kier alpha value is -2.44. The van der Waals surface area contributed by atoms with Gasteiger partial charge < -0.3 is 10.1 Å². The van der Waals surface area contributed by atoms with E-state index in [1.165, 1.54) is 31.4 Å². The van der Waals surface area contributed by atoms with Crippen LogP contribution in [0.1, 0.15) is 18.4 Å². The van der Waals surface area contributed by atoms with Gasteiger partial charge in [-0.25, -0.2) is 8.42 Å². The van der Waals surface area contributed by atoms with Crippen LogP contribution < -0.4 is 5.32 Å². The minimum absolute atomic E-state index is 0.0331. The minimum atomic E-state index is -3.90. The van der Waals surface area contributed by atoms with Gasteiger partial charge in [0.1, 0.15) is 12.6 Å². The van der Waals surface area contributed by atoms with Gasteiger partial charge in [-0.1, -0.05) is 6.07 Å². The van der Waals surface area contributed by atoms with Crippen LogP contribution in [0, 0.1) is 11.3 Å². The van der Waals surface area contributed by atoms with Gasteiger partial charge in [-0.2, -0.15) is 9.57 Å². The van der Waals surface area contributed by atoms with Gasteiger partial charge in [0.2, 0.25) is 15.9 Å². The standard InChI is InChI=1S/C15H17N3O5S/c1-23-14(19)10-17-15(20)13-6-3-7-18(13)24(21,22)12-5-2-4-11(8-12)9-16/h2,4-5,8,13H,3,6-7,10H2,1H3,(H,17,20). The molecule has 0 aromatic heterocycles. The topological polar surface area (TPSA) is 117 Å². The number of hydrogen-bond acceptors (Lipinski definition) is 6. The van der Waals surface area contributed by atoms with Crippen molar-refractivity contribution in [2.75, 3.05) is 20.2 Å². The Morgan fingerprint density at radius 3 is 2.88 bits per heavy atom. The van der Waals surface area contributed by atoms with E-state index in [1.54, 1.807) is 0 Å². The second-order valence-electron chi connectivity index (χ2n) is 5.21. The lowest BCUT2D eigenvalue weighted by Gasteiger charge is -2.23. The van der Waals surface area contributed by atoms with Crippen molar-refractivity contribution < 1.29 is 22.7 Å². The fourth-order valence-corrected chi connectivity index (χ4v) is 4.20. The monoisotopic (exact) mass is 351 g/mol. The maximum Gasteiger partial charge on any atom is 0.325 e. The fourth-order valence-electron chi connectivity index (χ4n) is 2.50. The lowest BCUT2D eigenvalue weighted by atomic mass is 10.2. The SMILES string of the molecule is COC(=O)CNC(=O)C1CCCN1S(=O)(=O)c1cccc(C#N)c1. The minimum Gasteiger partial charge on any atom is -0.468 e. The number of methoxy groups -OCH3 is 1. The lowest BCUT2D eigenvalue weighted by Crippen LogP contribution is -2.47. The first kappa shape index (κ1) is 17.9. The highest BCUT2D eigenvalue weighted by atomic mass is 32.2. The van der Waals surface area contributed by atoms with E-state index in [0.717, 1.165) is 4.31 Å².